The number of aryl methyl sites for hydroxylation is 1. The normalized spacial score (nSPS) is 17.8. The standard InChI is InChI=1S/C17H22N8/c1-13-5-6-19-17(20-13)25-8-3-4-14(10-25)16-22-21-15(23(16)2)11-24-9-7-18-12-24/h5-7,9,12,14H,3-4,8,10-11H2,1-2H3/t14-/m0/s1. The Morgan fingerprint density at radius 2 is 2.16 bits per heavy atom. The minimum atomic E-state index is 0.340. The number of nitrogens with zero attached hydrogens (tertiary/aromatic N) is 8. The molecule has 8 heteroatoms. The van der Waals surface area contributed by atoms with Crippen molar-refractivity contribution in [3.63, 3.8) is 0 Å². The van der Waals surface area contributed by atoms with Crippen molar-refractivity contribution < 1.29 is 0 Å². The first kappa shape index (κ1) is 15.7. The summed E-state index contributed by atoms with van der Waals surface area (Å²) in [4.78, 5) is 15.3. The second-order valence-corrected chi connectivity index (χ2v) is 6.55. The summed E-state index contributed by atoms with van der Waals surface area (Å²) in [5.74, 6) is 3.13. The predicted octanol–water partition coefficient (Wildman–Crippen LogP) is 1.54. The first-order valence-electron chi connectivity index (χ1n) is 8.59. The SMILES string of the molecule is Cc1ccnc(N2CCC[C@H](c3nnc(Cn4ccnc4)n3C)C2)n1. The van der Waals surface area contributed by atoms with Crippen LogP contribution in [0, 0.1) is 6.92 Å². The highest BCUT2D eigenvalue weighted by Gasteiger charge is 2.27. The van der Waals surface area contributed by atoms with E-state index in [0.29, 0.717) is 12.5 Å². The van der Waals surface area contributed by atoms with Crippen molar-refractivity contribution in [2.45, 2.75) is 32.2 Å². The molecule has 0 aliphatic carbocycles. The van der Waals surface area contributed by atoms with Crippen LogP contribution in [0.3, 0.4) is 0 Å². The Morgan fingerprint density at radius 3 is 2.96 bits per heavy atom. The fraction of sp³-hybridized carbons (Fsp3) is 0.471. The van der Waals surface area contributed by atoms with Crippen LogP contribution in [-0.4, -0.2) is 47.4 Å². The van der Waals surface area contributed by atoms with Crippen LogP contribution < -0.4 is 4.90 Å². The Hall–Kier alpha value is -2.77. The van der Waals surface area contributed by atoms with Crippen molar-refractivity contribution in [2.24, 2.45) is 7.05 Å². The monoisotopic (exact) mass is 338 g/mol. The molecular formula is C17H22N8. The minimum Gasteiger partial charge on any atom is -0.340 e. The van der Waals surface area contributed by atoms with E-state index in [1.165, 1.54) is 0 Å². The zero-order chi connectivity index (χ0) is 17.2. The lowest BCUT2D eigenvalue weighted by Crippen LogP contribution is -2.36. The highest BCUT2D eigenvalue weighted by molar-refractivity contribution is 5.32. The molecule has 0 amide bonds. The van der Waals surface area contributed by atoms with E-state index in [2.05, 4.69) is 34.6 Å². The average molecular weight is 338 g/mol. The molecule has 0 bridgehead atoms. The molecule has 0 saturated carbocycles. The van der Waals surface area contributed by atoms with Crippen molar-refractivity contribution in [3.8, 4) is 0 Å². The summed E-state index contributed by atoms with van der Waals surface area (Å²) < 4.78 is 4.12. The van der Waals surface area contributed by atoms with E-state index in [-0.39, 0.29) is 0 Å². The fourth-order valence-corrected chi connectivity index (χ4v) is 3.37. The first-order valence-corrected chi connectivity index (χ1v) is 8.59. The number of anilines is 1. The number of rotatable bonds is 4. The predicted molar refractivity (Wildman–Crippen MR) is 93.3 cm³/mol. The molecule has 25 heavy (non-hydrogen) atoms. The highest BCUT2D eigenvalue weighted by Crippen LogP contribution is 2.27. The van der Waals surface area contributed by atoms with E-state index in [1.54, 1.807) is 12.5 Å². The van der Waals surface area contributed by atoms with Gasteiger partial charge in [-0.3, -0.25) is 0 Å². The van der Waals surface area contributed by atoms with Gasteiger partial charge in [-0.05, 0) is 25.8 Å². The molecule has 1 atom stereocenters. The van der Waals surface area contributed by atoms with Crippen molar-refractivity contribution in [1.82, 2.24) is 34.3 Å². The van der Waals surface area contributed by atoms with E-state index < -0.39 is 0 Å². The lowest BCUT2D eigenvalue weighted by Gasteiger charge is -2.32. The lowest BCUT2D eigenvalue weighted by molar-refractivity contribution is 0.473. The fourth-order valence-electron chi connectivity index (χ4n) is 3.37. The minimum absolute atomic E-state index is 0.340. The van der Waals surface area contributed by atoms with E-state index in [9.17, 15) is 0 Å². The topological polar surface area (TPSA) is 77.5 Å². The smallest absolute Gasteiger partial charge is 0.225 e. The molecular weight excluding hydrogens is 316 g/mol. The van der Waals surface area contributed by atoms with Crippen LogP contribution in [0.15, 0.2) is 31.0 Å². The number of piperidine rings is 1. The Labute approximate surface area is 146 Å². The number of aromatic nitrogens is 7. The van der Waals surface area contributed by atoms with E-state index in [4.69, 9.17) is 0 Å². The van der Waals surface area contributed by atoms with Gasteiger partial charge in [0.05, 0.1) is 12.9 Å². The van der Waals surface area contributed by atoms with Crippen LogP contribution in [-0.2, 0) is 13.6 Å². The number of hydrogen-bond donors (Lipinski definition) is 0. The molecule has 130 valence electrons. The molecule has 1 fully saturated rings. The van der Waals surface area contributed by atoms with Crippen LogP contribution >= 0.6 is 0 Å². The molecule has 8 nitrogen and oxygen atoms in total. The van der Waals surface area contributed by atoms with Gasteiger partial charge < -0.3 is 14.0 Å². The third kappa shape index (κ3) is 3.24. The van der Waals surface area contributed by atoms with Gasteiger partial charge in [-0.1, -0.05) is 0 Å². The average Bonchev–Trinajstić information content (AvgIpc) is 3.26. The summed E-state index contributed by atoms with van der Waals surface area (Å²) in [6.07, 6.45) is 9.55. The highest BCUT2D eigenvalue weighted by atomic mass is 15.3. The van der Waals surface area contributed by atoms with E-state index in [1.807, 2.05) is 37.0 Å². The van der Waals surface area contributed by atoms with Crippen LogP contribution in [0.5, 0.6) is 0 Å². The van der Waals surface area contributed by atoms with Crippen LogP contribution in [0.2, 0.25) is 0 Å². The van der Waals surface area contributed by atoms with Crippen molar-refractivity contribution in [3.05, 3.63) is 48.3 Å². The molecule has 0 N–H and O–H groups in total. The quantitative estimate of drug-likeness (QED) is 0.718. The van der Waals surface area contributed by atoms with Gasteiger partial charge in [0.1, 0.15) is 5.82 Å². The van der Waals surface area contributed by atoms with Gasteiger partial charge in [0.2, 0.25) is 5.95 Å². The van der Waals surface area contributed by atoms with Crippen molar-refractivity contribution >= 4 is 5.95 Å². The maximum absolute atomic E-state index is 4.56. The van der Waals surface area contributed by atoms with Crippen molar-refractivity contribution in [2.75, 3.05) is 18.0 Å². The molecule has 4 heterocycles. The zero-order valence-corrected chi connectivity index (χ0v) is 14.6. The second kappa shape index (κ2) is 6.62. The van der Waals surface area contributed by atoms with Gasteiger partial charge >= 0.3 is 0 Å². The van der Waals surface area contributed by atoms with Crippen LogP contribution in [0.1, 0.15) is 36.1 Å². The van der Waals surface area contributed by atoms with Gasteiger partial charge in [0.15, 0.2) is 5.82 Å². The summed E-state index contributed by atoms with van der Waals surface area (Å²) in [5.41, 5.74) is 0.994. The van der Waals surface area contributed by atoms with E-state index in [0.717, 1.165) is 49.2 Å². The zero-order valence-electron chi connectivity index (χ0n) is 14.6. The second-order valence-electron chi connectivity index (χ2n) is 6.55. The Morgan fingerprint density at radius 1 is 1.24 bits per heavy atom. The number of imidazole rings is 1. The summed E-state index contributed by atoms with van der Waals surface area (Å²) >= 11 is 0. The third-order valence-electron chi connectivity index (χ3n) is 4.73. The van der Waals surface area contributed by atoms with Gasteiger partial charge in [-0.25, -0.2) is 15.0 Å². The maximum Gasteiger partial charge on any atom is 0.225 e. The molecule has 3 aromatic heterocycles. The molecule has 0 radical (unpaired) electrons. The summed E-state index contributed by atoms with van der Waals surface area (Å²) in [7, 11) is 2.05. The summed E-state index contributed by atoms with van der Waals surface area (Å²) in [6, 6.07) is 1.93. The van der Waals surface area contributed by atoms with E-state index >= 15 is 0 Å². The molecule has 0 spiro atoms. The molecule has 1 aliphatic rings. The first-order chi connectivity index (χ1) is 12.2. The number of hydrogen-bond acceptors (Lipinski definition) is 6. The summed E-state index contributed by atoms with van der Waals surface area (Å²) in [6.45, 7) is 4.54. The molecule has 1 saturated heterocycles. The molecule has 0 aromatic carbocycles. The Bertz CT molecular complexity index is 838. The molecule has 4 rings (SSSR count). The Balaban J connectivity index is 1.52. The summed E-state index contributed by atoms with van der Waals surface area (Å²) in [5, 5.41) is 8.87. The van der Waals surface area contributed by atoms with Gasteiger partial charge in [0.25, 0.3) is 0 Å². The van der Waals surface area contributed by atoms with Gasteiger partial charge in [-0.2, -0.15) is 0 Å². The lowest BCUT2D eigenvalue weighted by atomic mass is 9.97. The molecule has 1 aliphatic heterocycles. The largest absolute Gasteiger partial charge is 0.340 e. The van der Waals surface area contributed by atoms with Crippen molar-refractivity contribution in [1.29, 1.82) is 0 Å². The van der Waals surface area contributed by atoms with Crippen LogP contribution in [0.25, 0.3) is 0 Å². The van der Waals surface area contributed by atoms with Gasteiger partial charge in [-0.15, -0.1) is 10.2 Å². The van der Waals surface area contributed by atoms with Gasteiger partial charge in [0, 0.05) is 50.3 Å². The third-order valence-corrected chi connectivity index (χ3v) is 4.73. The van der Waals surface area contributed by atoms with Crippen LogP contribution in [0.4, 0.5) is 5.95 Å². The molecule has 0 unspecified atom stereocenters. The maximum atomic E-state index is 4.56. The Kier molecular flexibility index (Phi) is 4.17. The molecule has 3 aromatic rings.